The molecular formula is C20H21N3O3S. The van der Waals surface area contributed by atoms with Crippen molar-refractivity contribution in [2.75, 3.05) is 12.4 Å². The lowest BCUT2D eigenvalue weighted by atomic mass is 9.95. The maximum Gasteiger partial charge on any atom is 0.348 e. The highest BCUT2D eigenvalue weighted by molar-refractivity contribution is 7.16. The molecule has 0 aliphatic heterocycles. The van der Waals surface area contributed by atoms with Crippen molar-refractivity contribution in [3.63, 3.8) is 0 Å². The predicted octanol–water partition coefficient (Wildman–Crippen LogP) is 4.64. The fourth-order valence-electron chi connectivity index (χ4n) is 3.67. The van der Waals surface area contributed by atoms with Crippen molar-refractivity contribution >= 4 is 40.2 Å². The summed E-state index contributed by atoms with van der Waals surface area (Å²) in [6, 6.07) is 11.5. The van der Waals surface area contributed by atoms with Gasteiger partial charge in [-0.1, -0.05) is 31.4 Å². The zero-order valence-electron chi connectivity index (χ0n) is 15.1. The number of carbonyl (C=O) groups is 2. The number of amides is 1. The first kappa shape index (κ1) is 17.7. The van der Waals surface area contributed by atoms with Crippen molar-refractivity contribution < 1.29 is 14.3 Å². The number of hydrogen-bond donors (Lipinski definition) is 1. The van der Waals surface area contributed by atoms with E-state index in [1.807, 2.05) is 24.3 Å². The Morgan fingerprint density at radius 2 is 1.85 bits per heavy atom. The van der Waals surface area contributed by atoms with Crippen LogP contribution < -0.4 is 5.32 Å². The van der Waals surface area contributed by atoms with Crippen LogP contribution in [0.4, 0.5) is 5.95 Å². The summed E-state index contributed by atoms with van der Waals surface area (Å²) >= 11 is 1.12. The van der Waals surface area contributed by atoms with Gasteiger partial charge in [-0.3, -0.25) is 10.1 Å². The van der Waals surface area contributed by atoms with Crippen LogP contribution in [0, 0.1) is 0 Å². The predicted molar refractivity (Wildman–Crippen MR) is 105 cm³/mol. The van der Waals surface area contributed by atoms with Crippen LogP contribution in [0.1, 0.15) is 57.5 Å². The molecule has 6 nitrogen and oxygen atoms in total. The largest absolute Gasteiger partial charge is 0.465 e. The number of nitrogens with one attached hydrogen (secondary N) is 1. The fourth-order valence-corrected chi connectivity index (χ4v) is 4.49. The van der Waals surface area contributed by atoms with E-state index in [2.05, 4.69) is 14.9 Å². The molecule has 0 unspecified atom stereocenters. The van der Waals surface area contributed by atoms with Crippen LogP contribution in [0.5, 0.6) is 0 Å². The lowest BCUT2D eigenvalue weighted by Crippen LogP contribution is -2.19. The summed E-state index contributed by atoms with van der Waals surface area (Å²) in [4.78, 5) is 29.9. The van der Waals surface area contributed by atoms with Gasteiger partial charge in [-0.15, -0.1) is 11.3 Å². The molecule has 1 N–H and O–H groups in total. The Labute approximate surface area is 161 Å². The van der Waals surface area contributed by atoms with Gasteiger partial charge < -0.3 is 9.30 Å². The Morgan fingerprint density at radius 1 is 1.11 bits per heavy atom. The Bertz CT molecular complexity index is 985. The Hall–Kier alpha value is -2.67. The topological polar surface area (TPSA) is 73.2 Å². The molecule has 2 heterocycles. The summed E-state index contributed by atoms with van der Waals surface area (Å²) < 4.78 is 6.88. The molecule has 4 rings (SSSR count). The highest BCUT2D eigenvalue weighted by Gasteiger charge is 2.23. The minimum absolute atomic E-state index is 0.262. The second kappa shape index (κ2) is 7.52. The van der Waals surface area contributed by atoms with Crippen LogP contribution in [0.2, 0.25) is 0 Å². The van der Waals surface area contributed by atoms with Gasteiger partial charge >= 0.3 is 5.97 Å². The van der Waals surface area contributed by atoms with Gasteiger partial charge in [0.1, 0.15) is 4.88 Å². The maximum atomic E-state index is 12.7. The highest BCUT2D eigenvalue weighted by atomic mass is 32.1. The van der Waals surface area contributed by atoms with Crippen molar-refractivity contribution in [2.24, 2.45) is 0 Å². The number of methoxy groups -OCH3 is 1. The summed E-state index contributed by atoms with van der Waals surface area (Å²) in [5.74, 6) is -0.128. The zero-order valence-corrected chi connectivity index (χ0v) is 15.9. The zero-order chi connectivity index (χ0) is 18.8. The lowest BCUT2D eigenvalue weighted by molar-refractivity contribution is 0.0606. The molecule has 3 aromatic rings. The van der Waals surface area contributed by atoms with Gasteiger partial charge in [-0.25, -0.2) is 9.78 Å². The van der Waals surface area contributed by atoms with E-state index in [-0.39, 0.29) is 5.91 Å². The number of rotatable bonds is 4. The van der Waals surface area contributed by atoms with E-state index in [0.717, 1.165) is 35.2 Å². The lowest BCUT2D eigenvalue weighted by Gasteiger charge is -2.25. The molecule has 0 spiro atoms. The number of fused-ring (bicyclic) bond motifs is 1. The molecular weight excluding hydrogens is 362 g/mol. The number of benzene rings is 1. The normalized spacial score (nSPS) is 15.0. The molecule has 1 amide bonds. The maximum absolute atomic E-state index is 12.7. The summed E-state index contributed by atoms with van der Waals surface area (Å²) in [6.07, 6.45) is 5.83. The van der Waals surface area contributed by atoms with Gasteiger partial charge in [0, 0.05) is 6.04 Å². The molecule has 2 aromatic heterocycles. The molecule has 1 aliphatic carbocycles. The van der Waals surface area contributed by atoms with Gasteiger partial charge in [0.25, 0.3) is 5.91 Å². The number of aromatic nitrogens is 2. The van der Waals surface area contributed by atoms with Crippen LogP contribution in [0.3, 0.4) is 0 Å². The summed E-state index contributed by atoms with van der Waals surface area (Å²) in [6.45, 7) is 0. The number of imidazole rings is 1. The third-order valence-corrected chi connectivity index (χ3v) is 6.04. The average molecular weight is 383 g/mol. The van der Waals surface area contributed by atoms with E-state index in [0.29, 0.717) is 21.7 Å². The van der Waals surface area contributed by atoms with E-state index in [4.69, 9.17) is 4.74 Å². The van der Waals surface area contributed by atoms with Gasteiger partial charge in [0.15, 0.2) is 0 Å². The van der Waals surface area contributed by atoms with Gasteiger partial charge in [0.2, 0.25) is 5.95 Å². The van der Waals surface area contributed by atoms with Crippen molar-refractivity contribution in [3.8, 4) is 0 Å². The number of ether oxygens (including phenoxy) is 1. The van der Waals surface area contributed by atoms with Crippen molar-refractivity contribution in [2.45, 2.75) is 38.1 Å². The second-order valence-corrected chi connectivity index (χ2v) is 7.78. The molecule has 1 fully saturated rings. The molecule has 0 bridgehead atoms. The van der Waals surface area contributed by atoms with E-state index >= 15 is 0 Å². The number of para-hydroxylation sites is 2. The second-order valence-electron chi connectivity index (χ2n) is 6.70. The summed E-state index contributed by atoms with van der Waals surface area (Å²) in [5.41, 5.74) is 1.92. The van der Waals surface area contributed by atoms with Crippen LogP contribution in [-0.4, -0.2) is 28.5 Å². The van der Waals surface area contributed by atoms with Gasteiger partial charge in [0.05, 0.1) is 23.0 Å². The van der Waals surface area contributed by atoms with E-state index < -0.39 is 5.97 Å². The quantitative estimate of drug-likeness (QED) is 0.666. The minimum Gasteiger partial charge on any atom is -0.465 e. The summed E-state index contributed by atoms with van der Waals surface area (Å²) in [7, 11) is 1.33. The highest BCUT2D eigenvalue weighted by Crippen LogP contribution is 2.34. The van der Waals surface area contributed by atoms with E-state index in [9.17, 15) is 9.59 Å². The van der Waals surface area contributed by atoms with Crippen LogP contribution >= 0.6 is 11.3 Å². The molecule has 0 radical (unpaired) electrons. The average Bonchev–Trinajstić information content (AvgIpc) is 3.33. The number of carbonyl (C=O) groups excluding carboxylic acids is 2. The first-order valence-corrected chi connectivity index (χ1v) is 9.95. The smallest absolute Gasteiger partial charge is 0.348 e. The van der Waals surface area contributed by atoms with Crippen LogP contribution in [-0.2, 0) is 4.74 Å². The number of thiophene rings is 1. The van der Waals surface area contributed by atoms with Crippen LogP contribution in [0.25, 0.3) is 11.0 Å². The van der Waals surface area contributed by atoms with Crippen molar-refractivity contribution in [3.05, 3.63) is 46.2 Å². The monoisotopic (exact) mass is 383 g/mol. The third kappa shape index (κ3) is 3.47. The van der Waals surface area contributed by atoms with Gasteiger partial charge in [-0.05, 0) is 37.1 Å². The SMILES string of the molecule is COC(=O)c1ccc(C(=O)Nc2nc3ccccc3n2C2CCCCC2)s1. The first-order valence-electron chi connectivity index (χ1n) is 9.14. The van der Waals surface area contributed by atoms with Gasteiger partial charge in [-0.2, -0.15) is 0 Å². The number of hydrogen-bond acceptors (Lipinski definition) is 5. The number of esters is 1. The molecule has 0 atom stereocenters. The molecule has 27 heavy (non-hydrogen) atoms. The molecule has 1 saturated carbocycles. The molecule has 7 heteroatoms. The fraction of sp³-hybridized carbons (Fsp3) is 0.350. The first-order chi connectivity index (χ1) is 13.2. The summed E-state index contributed by atoms with van der Waals surface area (Å²) in [5, 5.41) is 2.96. The molecule has 1 aromatic carbocycles. The standard InChI is InChI=1S/C20H21N3O3S/c1-26-19(25)17-12-11-16(27-17)18(24)22-20-21-14-9-5-6-10-15(14)23(20)13-7-3-2-4-8-13/h5-6,9-13H,2-4,7-8H2,1H3,(H,21,22,24). The van der Waals surface area contributed by atoms with Crippen molar-refractivity contribution in [1.29, 1.82) is 0 Å². The number of anilines is 1. The van der Waals surface area contributed by atoms with E-state index in [1.165, 1.54) is 26.4 Å². The number of nitrogens with zero attached hydrogens (tertiary/aromatic N) is 2. The van der Waals surface area contributed by atoms with Crippen molar-refractivity contribution in [1.82, 2.24) is 9.55 Å². The van der Waals surface area contributed by atoms with Crippen LogP contribution in [0.15, 0.2) is 36.4 Å². The minimum atomic E-state index is -0.437. The Kier molecular flexibility index (Phi) is 4.94. The third-order valence-electron chi connectivity index (χ3n) is 4.98. The molecule has 140 valence electrons. The molecule has 0 saturated heterocycles. The Balaban J connectivity index is 1.65. The van der Waals surface area contributed by atoms with E-state index in [1.54, 1.807) is 12.1 Å². The molecule has 1 aliphatic rings. The Morgan fingerprint density at radius 3 is 2.63 bits per heavy atom.